The number of pyridine rings is 1. The van der Waals surface area contributed by atoms with Crippen LogP contribution in [-0.2, 0) is 5.41 Å². The average molecular weight is 835 g/mol. The quantitative estimate of drug-likeness (QED) is 0.131. The van der Waals surface area contributed by atoms with Gasteiger partial charge in [0.05, 0.1) is 33.1 Å². The zero-order valence-corrected chi connectivity index (χ0v) is 36.2. The third kappa shape index (κ3) is 5.72. The predicted octanol–water partition coefficient (Wildman–Crippen LogP) is 15.1. The highest BCUT2D eigenvalue weighted by atomic mass is 16.5. The smallest absolute Gasteiger partial charge is 0.269 e. The van der Waals surface area contributed by atoms with E-state index < -0.39 is 0 Å². The standard InChI is InChI=1S/C60H42N4O/c1-60(2,3)38-32-33-61-57(34-38)64-54-27-15-13-23-48(54)50-31-29-40(36-56(50)64)65-39-28-30-49-44-19-7-5-17-42(44)46-21-9-11-25-52(46)59-58-51-24-10-8-20-45(51)41-16-4-6-18-43(41)47-22-12-14-26-53(47)62(58)37-63(59)55(49)35-39/h4-36H,1-3H3. The Bertz CT molecular complexity index is 4210. The maximum Gasteiger partial charge on any atom is 0.269 e. The van der Waals surface area contributed by atoms with Crippen molar-refractivity contribution in [3.8, 4) is 17.3 Å². The van der Waals surface area contributed by atoms with Crippen LogP contribution < -0.4 is 9.14 Å². The molecule has 8 aromatic carbocycles. The summed E-state index contributed by atoms with van der Waals surface area (Å²) in [6.07, 6.45) is 5.91. The number of rotatable bonds is 3. The molecule has 0 amide bonds. The van der Waals surface area contributed by atoms with Gasteiger partial charge in [0.25, 0.3) is 6.33 Å². The monoisotopic (exact) mass is 834 g/mol. The number of para-hydroxylation sites is 2. The normalized spacial score (nSPS) is 12.2. The molecule has 13 aromatic rings. The molecule has 13 rings (SSSR count). The Kier molecular flexibility index (Phi) is 8.10. The van der Waals surface area contributed by atoms with Crippen molar-refractivity contribution in [2.75, 3.05) is 0 Å². The van der Waals surface area contributed by atoms with E-state index in [1.807, 2.05) is 6.20 Å². The number of imidazole rings is 1. The molecule has 0 aliphatic carbocycles. The Morgan fingerprint density at radius 2 is 0.923 bits per heavy atom. The van der Waals surface area contributed by atoms with Gasteiger partial charge in [0.2, 0.25) is 0 Å². The largest absolute Gasteiger partial charge is 0.458 e. The van der Waals surface area contributed by atoms with E-state index in [1.54, 1.807) is 0 Å². The lowest BCUT2D eigenvalue weighted by Crippen LogP contribution is -2.19. The van der Waals surface area contributed by atoms with Crippen molar-refractivity contribution in [2.45, 2.75) is 26.2 Å². The van der Waals surface area contributed by atoms with Crippen LogP contribution in [0.25, 0.3) is 104 Å². The molecule has 0 N–H and O–H groups in total. The fraction of sp³-hybridized carbons (Fsp3) is 0.0667. The molecular weight excluding hydrogens is 793 g/mol. The first kappa shape index (κ1) is 37.3. The fourth-order valence-electron chi connectivity index (χ4n) is 10.3. The van der Waals surface area contributed by atoms with Crippen LogP contribution in [0.15, 0.2) is 200 Å². The Morgan fingerprint density at radius 3 is 1.58 bits per heavy atom. The van der Waals surface area contributed by atoms with Gasteiger partial charge in [-0.2, -0.15) is 0 Å². The number of hydrogen-bond donors (Lipinski definition) is 0. The number of fused-ring (bicyclic) bond motifs is 20. The summed E-state index contributed by atoms with van der Waals surface area (Å²) >= 11 is 0. The molecule has 0 saturated carbocycles. The van der Waals surface area contributed by atoms with Crippen molar-refractivity contribution < 1.29 is 9.14 Å². The zero-order valence-electron chi connectivity index (χ0n) is 36.2. The summed E-state index contributed by atoms with van der Waals surface area (Å²) in [6.45, 7) is 6.73. The minimum absolute atomic E-state index is 0.0251. The second-order valence-corrected chi connectivity index (χ2v) is 18.1. The van der Waals surface area contributed by atoms with Crippen LogP contribution in [0.5, 0.6) is 11.5 Å². The van der Waals surface area contributed by atoms with E-state index >= 15 is 0 Å². The summed E-state index contributed by atoms with van der Waals surface area (Å²) in [4.78, 5) is 4.92. The summed E-state index contributed by atoms with van der Waals surface area (Å²) in [7, 11) is 0. The highest BCUT2D eigenvalue weighted by molar-refractivity contribution is 6.23. The number of ether oxygens (including phenoxy) is 1. The zero-order chi connectivity index (χ0) is 43.4. The minimum Gasteiger partial charge on any atom is -0.458 e. The Morgan fingerprint density at radius 1 is 0.446 bits per heavy atom. The Hall–Kier alpha value is -8.28. The van der Waals surface area contributed by atoms with Crippen LogP contribution in [-0.4, -0.2) is 14.0 Å². The van der Waals surface area contributed by atoms with Gasteiger partial charge in [-0.3, -0.25) is 13.4 Å². The van der Waals surface area contributed by atoms with Crippen LogP contribution in [0.1, 0.15) is 26.3 Å². The molecular formula is C60H42N4O. The molecule has 5 heteroatoms. The van der Waals surface area contributed by atoms with Gasteiger partial charge in [-0.25, -0.2) is 4.98 Å². The third-order valence-corrected chi connectivity index (χ3v) is 13.3. The van der Waals surface area contributed by atoms with Gasteiger partial charge in [0.15, 0.2) is 0 Å². The summed E-state index contributed by atoms with van der Waals surface area (Å²) < 4.78 is 13.8. The molecule has 5 nitrogen and oxygen atoms in total. The maximum absolute atomic E-state index is 6.99. The van der Waals surface area contributed by atoms with Gasteiger partial charge < -0.3 is 4.74 Å². The van der Waals surface area contributed by atoms with E-state index in [0.717, 1.165) is 82.7 Å². The second-order valence-electron chi connectivity index (χ2n) is 18.1. The van der Waals surface area contributed by atoms with Crippen molar-refractivity contribution in [1.29, 1.82) is 0 Å². The van der Waals surface area contributed by atoms with E-state index in [2.05, 4.69) is 235 Å². The topological polar surface area (TPSA) is 35.6 Å². The maximum atomic E-state index is 6.99. The van der Waals surface area contributed by atoms with Gasteiger partial charge in [-0.1, -0.05) is 160 Å². The highest BCUT2D eigenvalue weighted by Crippen LogP contribution is 2.40. The highest BCUT2D eigenvalue weighted by Gasteiger charge is 2.20. The number of nitrogens with zero attached hydrogens (tertiary/aromatic N) is 4. The van der Waals surface area contributed by atoms with E-state index in [-0.39, 0.29) is 5.41 Å². The lowest BCUT2D eigenvalue weighted by Gasteiger charge is -2.20. The molecule has 0 atom stereocenters. The molecule has 0 radical (unpaired) electrons. The van der Waals surface area contributed by atoms with Crippen molar-refractivity contribution in [1.82, 2.24) is 14.0 Å². The molecule has 5 heterocycles. The minimum atomic E-state index is -0.0251. The molecule has 5 aromatic heterocycles. The first-order valence-electron chi connectivity index (χ1n) is 22.3. The van der Waals surface area contributed by atoms with E-state index in [9.17, 15) is 0 Å². The first-order valence-corrected chi connectivity index (χ1v) is 22.3. The predicted molar refractivity (Wildman–Crippen MR) is 269 cm³/mol. The molecule has 0 unspecified atom stereocenters. The molecule has 0 aliphatic rings. The van der Waals surface area contributed by atoms with E-state index in [0.29, 0.717) is 0 Å². The van der Waals surface area contributed by atoms with Crippen molar-refractivity contribution in [3.05, 3.63) is 212 Å². The van der Waals surface area contributed by atoms with Crippen LogP contribution in [0.2, 0.25) is 0 Å². The lowest BCUT2D eigenvalue weighted by atomic mass is 9.88. The molecule has 0 saturated heterocycles. The summed E-state index contributed by atoms with van der Waals surface area (Å²) in [5, 5.41) is 13.9. The van der Waals surface area contributed by atoms with Crippen molar-refractivity contribution >= 4 is 97.7 Å². The molecule has 65 heavy (non-hydrogen) atoms. The van der Waals surface area contributed by atoms with E-state index in [1.165, 1.54) is 37.9 Å². The van der Waals surface area contributed by atoms with Crippen molar-refractivity contribution in [2.24, 2.45) is 0 Å². The third-order valence-electron chi connectivity index (χ3n) is 13.3. The number of aromatic nitrogens is 4. The average Bonchev–Trinajstić information content (AvgIpc) is 3.89. The van der Waals surface area contributed by atoms with Crippen LogP contribution in [0.4, 0.5) is 0 Å². The molecule has 0 spiro atoms. The van der Waals surface area contributed by atoms with Crippen molar-refractivity contribution in [3.63, 3.8) is 0 Å². The molecule has 0 fully saturated rings. The SMILES string of the molecule is CC(C)(C)c1ccnc(-n2c3ccccc3c3ccc(Oc4ccc5c6ccccc6c6ccccc6c6c7c8ccccc8c8ccccc8c8ccccc8[n+]7[c-]n6c5c4)cc32)c1. The van der Waals surface area contributed by atoms with Gasteiger partial charge in [-0.05, 0) is 113 Å². The van der Waals surface area contributed by atoms with Gasteiger partial charge in [-0.15, -0.1) is 0 Å². The van der Waals surface area contributed by atoms with Gasteiger partial charge in [0.1, 0.15) is 17.3 Å². The molecule has 0 bridgehead atoms. The number of benzene rings is 8. The second kappa shape index (κ2) is 14.1. The van der Waals surface area contributed by atoms with E-state index in [4.69, 9.17) is 9.72 Å². The first-order chi connectivity index (χ1) is 31.9. The number of hydrogen-bond acceptors (Lipinski definition) is 2. The van der Waals surface area contributed by atoms with Crippen LogP contribution in [0, 0.1) is 6.33 Å². The molecule has 0 aliphatic heterocycles. The Labute approximate surface area is 374 Å². The van der Waals surface area contributed by atoms with Gasteiger partial charge >= 0.3 is 0 Å². The van der Waals surface area contributed by atoms with Crippen LogP contribution in [0.3, 0.4) is 0 Å². The summed E-state index contributed by atoms with van der Waals surface area (Å²) in [6, 6.07) is 69.7. The summed E-state index contributed by atoms with van der Waals surface area (Å²) in [5.74, 6) is 2.35. The van der Waals surface area contributed by atoms with Crippen LogP contribution >= 0.6 is 0 Å². The lowest BCUT2D eigenvalue weighted by molar-refractivity contribution is -0.484. The summed E-state index contributed by atoms with van der Waals surface area (Å²) in [5.41, 5.74) is 7.53. The Balaban J connectivity index is 1.14. The van der Waals surface area contributed by atoms with Gasteiger partial charge in [0, 0.05) is 23.0 Å². The molecule has 308 valence electrons. The fourth-order valence-corrected chi connectivity index (χ4v) is 10.3.